The van der Waals surface area contributed by atoms with Crippen LogP contribution in [0.1, 0.15) is 48.1 Å². The average Bonchev–Trinajstić information content (AvgIpc) is 3.05. The number of carbonyl (C=O) groups excluding carboxylic acids is 1. The van der Waals surface area contributed by atoms with Gasteiger partial charge < -0.3 is 15.2 Å². The number of carbonyl (C=O) groups is 2. The first-order chi connectivity index (χ1) is 12.8. The maximum absolute atomic E-state index is 12.5. The number of nitrogens with zero attached hydrogens (tertiary/aromatic N) is 2. The molecule has 0 fully saturated rings. The van der Waals surface area contributed by atoms with Crippen LogP contribution in [0, 0.1) is 6.92 Å². The zero-order chi connectivity index (χ0) is 20.0. The van der Waals surface area contributed by atoms with E-state index >= 15 is 0 Å². The zero-order valence-electron chi connectivity index (χ0n) is 16.0. The molecule has 2 heterocycles. The summed E-state index contributed by atoms with van der Waals surface area (Å²) in [4.78, 5) is 33.4. The Morgan fingerprint density at radius 2 is 2.07 bits per heavy atom. The molecular formula is C19H25N3O4S. The van der Waals surface area contributed by atoms with Crippen molar-refractivity contribution < 1.29 is 19.4 Å². The van der Waals surface area contributed by atoms with E-state index in [4.69, 9.17) is 4.74 Å². The predicted octanol–water partition coefficient (Wildman–Crippen LogP) is 3.07. The molecule has 0 aliphatic rings. The number of rotatable bonds is 9. The van der Waals surface area contributed by atoms with E-state index in [1.54, 1.807) is 20.0 Å². The van der Waals surface area contributed by atoms with Crippen molar-refractivity contribution >= 4 is 23.2 Å². The molecule has 7 nitrogen and oxygen atoms in total. The molecule has 0 aliphatic heterocycles. The number of carboxylic acid groups (broad SMARTS) is 1. The molecule has 0 saturated carbocycles. The highest BCUT2D eigenvalue weighted by Gasteiger charge is 2.21. The number of ether oxygens (including phenoxy) is 1. The lowest BCUT2D eigenvalue weighted by molar-refractivity contribution is -0.153. The molecule has 0 radical (unpaired) electrons. The number of amides is 1. The van der Waals surface area contributed by atoms with Crippen molar-refractivity contribution in [2.45, 2.75) is 52.7 Å². The molecule has 2 aromatic heterocycles. The van der Waals surface area contributed by atoms with E-state index in [0.29, 0.717) is 17.1 Å². The monoisotopic (exact) mass is 391 g/mol. The van der Waals surface area contributed by atoms with Crippen LogP contribution in [0.15, 0.2) is 18.3 Å². The van der Waals surface area contributed by atoms with E-state index in [2.05, 4.69) is 15.3 Å². The summed E-state index contributed by atoms with van der Waals surface area (Å²) in [6, 6.07) is 3.84. The second-order valence-electron chi connectivity index (χ2n) is 6.42. The third-order valence-electron chi connectivity index (χ3n) is 3.77. The quantitative estimate of drug-likeness (QED) is 0.681. The van der Waals surface area contributed by atoms with E-state index in [-0.39, 0.29) is 25.0 Å². The van der Waals surface area contributed by atoms with Crippen LogP contribution in [-0.2, 0) is 16.0 Å². The fraction of sp³-hybridized carbons (Fsp3) is 0.474. The SMILES string of the molecule is CCc1sc(-c2ccc(C)cn2)nc1C(=O)NCCC(OC(C)C)C(=O)O. The smallest absolute Gasteiger partial charge is 0.332 e. The van der Waals surface area contributed by atoms with Crippen molar-refractivity contribution in [3.8, 4) is 10.7 Å². The zero-order valence-corrected chi connectivity index (χ0v) is 16.8. The second kappa shape index (κ2) is 9.57. The molecular weight excluding hydrogens is 366 g/mol. The van der Waals surface area contributed by atoms with Gasteiger partial charge in [-0.25, -0.2) is 9.78 Å². The Hall–Kier alpha value is -2.32. The third-order valence-corrected chi connectivity index (χ3v) is 4.99. The van der Waals surface area contributed by atoms with Crippen molar-refractivity contribution in [2.75, 3.05) is 6.54 Å². The number of thiazole rings is 1. The second-order valence-corrected chi connectivity index (χ2v) is 7.51. The number of carboxylic acids is 1. The van der Waals surface area contributed by atoms with Crippen LogP contribution in [-0.4, -0.2) is 45.7 Å². The largest absolute Gasteiger partial charge is 0.479 e. The molecule has 0 bridgehead atoms. The summed E-state index contributed by atoms with van der Waals surface area (Å²) in [5, 5.41) is 12.6. The van der Waals surface area contributed by atoms with Gasteiger partial charge in [-0.15, -0.1) is 11.3 Å². The third kappa shape index (κ3) is 5.83. The van der Waals surface area contributed by atoms with Crippen molar-refractivity contribution in [1.82, 2.24) is 15.3 Å². The van der Waals surface area contributed by atoms with Crippen LogP contribution >= 0.6 is 11.3 Å². The number of pyridine rings is 1. The van der Waals surface area contributed by atoms with Crippen LogP contribution in [0.3, 0.4) is 0 Å². The molecule has 2 aromatic rings. The molecule has 2 rings (SSSR count). The molecule has 2 N–H and O–H groups in total. The fourth-order valence-electron chi connectivity index (χ4n) is 2.45. The Balaban J connectivity index is 2.05. The molecule has 1 unspecified atom stereocenters. The lowest BCUT2D eigenvalue weighted by Crippen LogP contribution is -2.33. The number of aliphatic carboxylic acids is 1. The van der Waals surface area contributed by atoms with Gasteiger partial charge in [-0.05, 0) is 38.8 Å². The van der Waals surface area contributed by atoms with Crippen LogP contribution in [0.25, 0.3) is 10.7 Å². The van der Waals surface area contributed by atoms with Gasteiger partial charge in [0.15, 0.2) is 6.10 Å². The molecule has 1 atom stereocenters. The Labute approximate surface area is 162 Å². The highest BCUT2D eigenvalue weighted by Crippen LogP contribution is 2.27. The maximum Gasteiger partial charge on any atom is 0.332 e. The van der Waals surface area contributed by atoms with Gasteiger partial charge in [0.1, 0.15) is 10.7 Å². The van der Waals surface area contributed by atoms with Crippen molar-refractivity contribution in [1.29, 1.82) is 0 Å². The van der Waals surface area contributed by atoms with Crippen LogP contribution in [0.5, 0.6) is 0 Å². The van der Waals surface area contributed by atoms with Gasteiger partial charge in [0.2, 0.25) is 0 Å². The molecule has 1 amide bonds. The Kier molecular flexibility index (Phi) is 7.44. The number of aromatic nitrogens is 2. The Morgan fingerprint density at radius 3 is 2.63 bits per heavy atom. The minimum absolute atomic E-state index is 0.192. The molecule has 0 aliphatic carbocycles. The normalized spacial score (nSPS) is 12.2. The van der Waals surface area contributed by atoms with Crippen LogP contribution in [0.4, 0.5) is 0 Å². The van der Waals surface area contributed by atoms with Gasteiger partial charge in [-0.3, -0.25) is 9.78 Å². The summed E-state index contributed by atoms with van der Waals surface area (Å²) >= 11 is 1.45. The minimum atomic E-state index is -1.03. The Morgan fingerprint density at radius 1 is 1.33 bits per heavy atom. The fourth-order valence-corrected chi connectivity index (χ4v) is 3.43. The summed E-state index contributed by atoms with van der Waals surface area (Å²) < 4.78 is 5.34. The van der Waals surface area contributed by atoms with Crippen molar-refractivity contribution in [3.05, 3.63) is 34.5 Å². The number of hydrogen-bond donors (Lipinski definition) is 2. The van der Waals surface area contributed by atoms with E-state index < -0.39 is 12.1 Å². The minimum Gasteiger partial charge on any atom is -0.479 e. The highest BCUT2D eigenvalue weighted by molar-refractivity contribution is 7.15. The topological polar surface area (TPSA) is 101 Å². The highest BCUT2D eigenvalue weighted by atomic mass is 32.1. The molecule has 0 saturated heterocycles. The number of nitrogens with one attached hydrogen (secondary N) is 1. The standard InChI is InChI=1S/C19H25N3O4S/c1-5-15-16(22-18(27-15)13-7-6-12(4)10-21-13)17(23)20-9-8-14(19(24)25)26-11(2)3/h6-7,10-11,14H,5,8-9H2,1-4H3,(H,20,23)(H,24,25). The number of hydrogen-bond acceptors (Lipinski definition) is 6. The summed E-state index contributed by atoms with van der Waals surface area (Å²) in [6.07, 6.45) is 1.50. The van der Waals surface area contributed by atoms with Gasteiger partial charge in [-0.2, -0.15) is 0 Å². The predicted molar refractivity (Wildman–Crippen MR) is 104 cm³/mol. The van der Waals surface area contributed by atoms with E-state index in [1.165, 1.54) is 11.3 Å². The van der Waals surface area contributed by atoms with E-state index in [0.717, 1.165) is 16.1 Å². The lowest BCUT2D eigenvalue weighted by atomic mass is 10.2. The number of aryl methyl sites for hydroxylation is 2. The van der Waals surface area contributed by atoms with Gasteiger partial charge in [0.05, 0.1) is 11.8 Å². The Bertz CT molecular complexity index is 787. The molecule has 8 heteroatoms. The maximum atomic E-state index is 12.5. The first-order valence-electron chi connectivity index (χ1n) is 8.91. The van der Waals surface area contributed by atoms with Crippen LogP contribution in [0.2, 0.25) is 0 Å². The molecule has 0 aromatic carbocycles. The lowest BCUT2D eigenvalue weighted by Gasteiger charge is -2.16. The van der Waals surface area contributed by atoms with Crippen molar-refractivity contribution in [3.63, 3.8) is 0 Å². The molecule has 27 heavy (non-hydrogen) atoms. The first kappa shape index (κ1) is 21.0. The van der Waals surface area contributed by atoms with Crippen molar-refractivity contribution in [2.24, 2.45) is 0 Å². The van der Waals surface area contributed by atoms with Crippen LogP contribution < -0.4 is 5.32 Å². The molecule has 0 spiro atoms. The average molecular weight is 391 g/mol. The van der Waals surface area contributed by atoms with Gasteiger partial charge >= 0.3 is 5.97 Å². The molecule has 146 valence electrons. The summed E-state index contributed by atoms with van der Waals surface area (Å²) in [5.74, 6) is -1.34. The summed E-state index contributed by atoms with van der Waals surface area (Å²) in [5.41, 5.74) is 2.16. The summed E-state index contributed by atoms with van der Waals surface area (Å²) in [6.45, 7) is 7.67. The van der Waals surface area contributed by atoms with Gasteiger partial charge in [-0.1, -0.05) is 13.0 Å². The summed E-state index contributed by atoms with van der Waals surface area (Å²) in [7, 11) is 0. The van der Waals surface area contributed by atoms with Gasteiger partial charge in [0.25, 0.3) is 5.91 Å². The van der Waals surface area contributed by atoms with E-state index in [1.807, 2.05) is 26.0 Å². The first-order valence-corrected chi connectivity index (χ1v) is 9.72. The van der Waals surface area contributed by atoms with E-state index in [9.17, 15) is 14.7 Å². The van der Waals surface area contributed by atoms with Gasteiger partial charge in [0, 0.05) is 24.0 Å².